The van der Waals surface area contributed by atoms with Crippen molar-refractivity contribution in [1.29, 1.82) is 0 Å². The number of methoxy groups -OCH3 is 2. The number of carbonyl (C=O) groups excluding carboxylic acids is 4. The van der Waals surface area contributed by atoms with Gasteiger partial charge in [-0.1, -0.05) is 12.1 Å². The van der Waals surface area contributed by atoms with Crippen LogP contribution in [0.1, 0.15) is 18.4 Å². The fourth-order valence-electron chi connectivity index (χ4n) is 3.57. The highest BCUT2D eigenvalue weighted by Gasteiger charge is 2.23. The second-order valence-electron chi connectivity index (χ2n) is 8.48. The van der Waals surface area contributed by atoms with Crippen LogP contribution in [-0.4, -0.2) is 76.2 Å². The summed E-state index contributed by atoms with van der Waals surface area (Å²) in [6, 6.07) is 12.4. The number of nitrogens with zero attached hydrogens (tertiary/aromatic N) is 2. The predicted octanol–water partition coefficient (Wildman–Crippen LogP) is 4.36. The summed E-state index contributed by atoms with van der Waals surface area (Å²) >= 11 is 11.7. The predicted molar refractivity (Wildman–Crippen MR) is 154 cm³/mol. The molecule has 1 unspecified atom stereocenters. The third-order valence-electron chi connectivity index (χ3n) is 5.81. The first kappa shape index (κ1) is 32.5. The molecule has 0 heterocycles. The number of benzene rings is 2. The van der Waals surface area contributed by atoms with E-state index in [9.17, 15) is 19.2 Å². The van der Waals surface area contributed by atoms with Crippen LogP contribution in [0.2, 0.25) is 0 Å². The molecule has 218 valence electrons. The number of alkyl halides is 2. The van der Waals surface area contributed by atoms with Crippen molar-refractivity contribution < 1.29 is 33.4 Å². The molecule has 0 aliphatic heterocycles. The molecule has 11 nitrogen and oxygen atoms in total. The monoisotopic (exact) mass is 596 g/mol. The van der Waals surface area contributed by atoms with Crippen LogP contribution < -0.4 is 20.4 Å². The van der Waals surface area contributed by atoms with Crippen molar-refractivity contribution in [3.8, 4) is 0 Å². The fraction of sp³-hybridized carbons (Fsp3) is 0.407. The van der Waals surface area contributed by atoms with E-state index in [4.69, 9.17) is 27.9 Å². The van der Waals surface area contributed by atoms with Crippen LogP contribution in [0.4, 0.5) is 26.7 Å². The summed E-state index contributed by atoms with van der Waals surface area (Å²) in [5, 5.41) is 5.08. The lowest BCUT2D eigenvalue weighted by atomic mass is 10.1. The molecule has 0 aliphatic rings. The summed E-state index contributed by atoms with van der Waals surface area (Å²) in [4.78, 5) is 51.7. The molecule has 0 radical (unpaired) electrons. The largest absolute Gasteiger partial charge is 0.469 e. The first-order valence-corrected chi connectivity index (χ1v) is 13.5. The lowest BCUT2D eigenvalue weighted by Crippen LogP contribution is -2.43. The Labute approximate surface area is 243 Å². The van der Waals surface area contributed by atoms with Crippen molar-refractivity contribution in [3.05, 3.63) is 54.1 Å². The second-order valence-corrected chi connectivity index (χ2v) is 9.24. The van der Waals surface area contributed by atoms with Crippen molar-refractivity contribution in [3.63, 3.8) is 0 Å². The van der Waals surface area contributed by atoms with Gasteiger partial charge in [-0.2, -0.15) is 0 Å². The number of amides is 3. The summed E-state index contributed by atoms with van der Waals surface area (Å²) in [6.45, 7) is 1.34. The van der Waals surface area contributed by atoms with E-state index in [0.29, 0.717) is 41.8 Å². The fourth-order valence-corrected chi connectivity index (χ4v) is 3.98. The van der Waals surface area contributed by atoms with Gasteiger partial charge in [0, 0.05) is 55.4 Å². The minimum Gasteiger partial charge on any atom is -0.469 e. The lowest BCUT2D eigenvalue weighted by molar-refractivity contribution is -0.144. The maximum Gasteiger partial charge on any atom is 0.414 e. The molecular formula is C27H34Cl2N4O7. The Bertz CT molecular complexity index is 1110. The minimum absolute atomic E-state index is 0.0187. The topological polar surface area (TPSA) is 127 Å². The summed E-state index contributed by atoms with van der Waals surface area (Å²) in [5.74, 6) is -0.242. The number of rotatable bonds is 14. The van der Waals surface area contributed by atoms with Crippen LogP contribution in [0.5, 0.6) is 0 Å². The number of hydrogen-bond acceptors (Lipinski definition) is 8. The molecule has 40 heavy (non-hydrogen) atoms. The van der Waals surface area contributed by atoms with E-state index in [0.717, 1.165) is 5.69 Å². The van der Waals surface area contributed by atoms with E-state index in [1.807, 2.05) is 24.3 Å². The average Bonchev–Trinajstić information content (AvgIpc) is 2.97. The molecule has 13 heteroatoms. The highest BCUT2D eigenvalue weighted by molar-refractivity contribution is 6.18. The molecule has 0 fully saturated rings. The molecule has 0 spiro atoms. The Balaban J connectivity index is 1.88. The molecule has 2 N–H and O–H groups in total. The SMILES string of the molecule is COC(=O)CCC(NC(=O)Nc1ccc(COC(=O)N(C)c2ccc(N(CCCl)CCCl)cc2)cc1)C(=O)OC. The van der Waals surface area contributed by atoms with Crippen LogP contribution in [0, 0.1) is 0 Å². The van der Waals surface area contributed by atoms with Crippen LogP contribution in [0.3, 0.4) is 0 Å². The van der Waals surface area contributed by atoms with Crippen LogP contribution in [0.25, 0.3) is 0 Å². The maximum absolute atomic E-state index is 12.6. The van der Waals surface area contributed by atoms with Gasteiger partial charge in [0.15, 0.2) is 0 Å². The third kappa shape index (κ3) is 10.5. The first-order valence-electron chi connectivity index (χ1n) is 12.4. The molecule has 0 saturated carbocycles. The van der Waals surface area contributed by atoms with Crippen LogP contribution in [0.15, 0.2) is 48.5 Å². The zero-order valence-corrected chi connectivity index (χ0v) is 24.2. The quantitative estimate of drug-likeness (QED) is 0.187. The zero-order valence-electron chi connectivity index (χ0n) is 22.7. The van der Waals surface area contributed by atoms with Gasteiger partial charge in [-0.25, -0.2) is 14.4 Å². The van der Waals surface area contributed by atoms with Gasteiger partial charge in [0.05, 0.1) is 14.2 Å². The Hall–Kier alpha value is -3.70. The zero-order chi connectivity index (χ0) is 29.5. The maximum atomic E-state index is 12.6. The normalized spacial score (nSPS) is 11.1. The van der Waals surface area contributed by atoms with E-state index in [1.165, 1.54) is 19.1 Å². The van der Waals surface area contributed by atoms with Gasteiger partial charge in [-0.15, -0.1) is 23.2 Å². The van der Waals surface area contributed by atoms with Crippen LogP contribution >= 0.6 is 23.2 Å². The molecular weight excluding hydrogens is 563 g/mol. The Morgan fingerprint density at radius 3 is 2.02 bits per heavy atom. The Morgan fingerprint density at radius 2 is 1.48 bits per heavy atom. The second kappa shape index (κ2) is 17.1. The highest BCUT2D eigenvalue weighted by atomic mass is 35.5. The highest BCUT2D eigenvalue weighted by Crippen LogP contribution is 2.21. The van der Waals surface area contributed by atoms with Gasteiger partial charge in [0.1, 0.15) is 12.6 Å². The molecule has 2 aromatic carbocycles. The lowest BCUT2D eigenvalue weighted by Gasteiger charge is -2.24. The summed E-state index contributed by atoms with van der Waals surface area (Å²) in [6.07, 6.45) is -0.573. The summed E-state index contributed by atoms with van der Waals surface area (Å²) in [7, 11) is 4.04. The van der Waals surface area contributed by atoms with Gasteiger partial charge in [0.2, 0.25) is 0 Å². The standard InChI is InChI=1S/C27H34Cl2N4O7/c1-32(21-8-10-22(11-9-21)33(16-14-28)17-15-29)27(37)40-18-19-4-6-20(7-5-19)30-26(36)31-23(25(35)39-3)12-13-24(34)38-2/h4-11,23H,12-18H2,1-3H3,(H2,30,31,36). The number of esters is 2. The molecule has 0 aromatic heterocycles. The Kier molecular flexibility index (Phi) is 13.9. The van der Waals surface area contributed by atoms with E-state index in [2.05, 4.69) is 25.0 Å². The molecule has 3 amide bonds. The van der Waals surface area contributed by atoms with Crippen molar-refractivity contribution in [2.75, 3.05) is 61.2 Å². The molecule has 0 saturated heterocycles. The molecule has 2 aromatic rings. The van der Waals surface area contributed by atoms with E-state index in [1.54, 1.807) is 31.3 Å². The molecule has 0 aliphatic carbocycles. The van der Waals surface area contributed by atoms with E-state index >= 15 is 0 Å². The van der Waals surface area contributed by atoms with Crippen molar-refractivity contribution >= 4 is 64.3 Å². The number of ether oxygens (including phenoxy) is 3. The average molecular weight is 597 g/mol. The number of carbonyl (C=O) groups is 4. The number of urea groups is 1. The molecule has 1 atom stereocenters. The third-order valence-corrected chi connectivity index (χ3v) is 6.15. The minimum atomic E-state index is -1.02. The van der Waals surface area contributed by atoms with Gasteiger partial charge in [-0.05, 0) is 48.4 Å². The van der Waals surface area contributed by atoms with E-state index in [-0.39, 0.29) is 19.4 Å². The van der Waals surface area contributed by atoms with Gasteiger partial charge in [-0.3, -0.25) is 9.69 Å². The summed E-state index contributed by atoms with van der Waals surface area (Å²) < 4.78 is 14.7. The summed E-state index contributed by atoms with van der Waals surface area (Å²) in [5.41, 5.74) is 2.76. The molecule has 0 bridgehead atoms. The number of hydrogen-bond donors (Lipinski definition) is 2. The van der Waals surface area contributed by atoms with Gasteiger partial charge >= 0.3 is 24.1 Å². The number of nitrogens with one attached hydrogen (secondary N) is 2. The van der Waals surface area contributed by atoms with E-state index < -0.39 is 30.1 Å². The number of anilines is 3. The van der Waals surface area contributed by atoms with Gasteiger partial charge < -0.3 is 29.7 Å². The van der Waals surface area contributed by atoms with Gasteiger partial charge in [0.25, 0.3) is 0 Å². The number of halogens is 2. The smallest absolute Gasteiger partial charge is 0.414 e. The van der Waals surface area contributed by atoms with Crippen molar-refractivity contribution in [1.82, 2.24) is 5.32 Å². The molecule has 2 rings (SSSR count). The van der Waals surface area contributed by atoms with Crippen LogP contribution in [-0.2, 0) is 30.4 Å². The Morgan fingerprint density at radius 1 is 0.875 bits per heavy atom. The van der Waals surface area contributed by atoms with Crippen molar-refractivity contribution in [2.24, 2.45) is 0 Å². The van der Waals surface area contributed by atoms with Crippen molar-refractivity contribution in [2.45, 2.75) is 25.5 Å². The first-order chi connectivity index (χ1) is 19.2.